The Hall–Kier alpha value is -5.74. The van der Waals surface area contributed by atoms with Crippen molar-refractivity contribution in [3.63, 3.8) is 0 Å². The maximum atomic E-state index is 13.8. The third kappa shape index (κ3) is 6.56. The minimum Gasteiger partial charge on any atom is -0.507 e. The Kier molecular flexibility index (Phi) is 9.36. The summed E-state index contributed by atoms with van der Waals surface area (Å²) in [5.74, 6) is -1.05. The van der Waals surface area contributed by atoms with Gasteiger partial charge >= 0.3 is 11.9 Å². The largest absolute Gasteiger partial charge is 0.507 e. The SMILES string of the molecule is CCOC(=O)c1sc(N2C(=O)C(=O)/C(=C(/O)c3ccc(OCc4ccccc4)cc3C)[C@H]2c2cccc(Oc3ccccc3)c2)nc1C. The normalized spacial score (nSPS) is 15.4. The summed E-state index contributed by atoms with van der Waals surface area (Å²) >= 11 is 0.949. The lowest BCUT2D eigenvalue weighted by molar-refractivity contribution is -0.132. The molecule has 1 aromatic heterocycles. The highest BCUT2D eigenvalue weighted by atomic mass is 32.1. The van der Waals surface area contributed by atoms with Crippen molar-refractivity contribution in [2.45, 2.75) is 33.4 Å². The molecule has 242 valence electrons. The number of Topliss-reactive ketones (excluding diaryl/α,β-unsaturated/α-hetero) is 1. The summed E-state index contributed by atoms with van der Waals surface area (Å²) in [5, 5.41) is 11.9. The van der Waals surface area contributed by atoms with Crippen LogP contribution in [0.5, 0.6) is 17.2 Å². The van der Waals surface area contributed by atoms with Crippen molar-refractivity contribution in [2.24, 2.45) is 0 Å². The molecule has 9 nitrogen and oxygen atoms in total. The van der Waals surface area contributed by atoms with Crippen molar-refractivity contribution in [1.82, 2.24) is 4.98 Å². The fourth-order valence-corrected chi connectivity index (χ4v) is 6.45. The lowest BCUT2D eigenvalue weighted by Crippen LogP contribution is -2.29. The van der Waals surface area contributed by atoms with Gasteiger partial charge in [-0.05, 0) is 79.9 Å². The molecule has 6 rings (SSSR count). The molecule has 0 bridgehead atoms. The molecule has 0 saturated carbocycles. The molecule has 4 aromatic carbocycles. The predicted molar refractivity (Wildman–Crippen MR) is 183 cm³/mol. The topological polar surface area (TPSA) is 115 Å². The quantitative estimate of drug-likeness (QED) is 0.0695. The van der Waals surface area contributed by atoms with E-state index in [1.807, 2.05) is 60.7 Å². The highest BCUT2D eigenvalue weighted by Crippen LogP contribution is 2.45. The number of ether oxygens (including phenoxy) is 3. The van der Waals surface area contributed by atoms with Gasteiger partial charge in [0, 0.05) is 5.56 Å². The lowest BCUT2D eigenvalue weighted by Gasteiger charge is -2.23. The number of carbonyl (C=O) groups is 3. The maximum Gasteiger partial charge on any atom is 0.350 e. The number of benzene rings is 4. The van der Waals surface area contributed by atoms with Crippen LogP contribution in [0, 0.1) is 13.8 Å². The fraction of sp³-hybridized carbons (Fsp3) is 0.158. The number of esters is 1. The molecule has 1 aliphatic heterocycles. The molecule has 5 aromatic rings. The first-order chi connectivity index (χ1) is 23.2. The van der Waals surface area contributed by atoms with E-state index in [0.717, 1.165) is 16.9 Å². The van der Waals surface area contributed by atoms with E-state index in [0.29, 0.717) is 46.2 Å². The summed E-state index contributed by atoms with van der Waals surface area (Å²) in [5.41, 5.74) is 2.74. The standard InChI is InChI=1S/C38H32N2O7S/c1-4-45-37(44)35-24(3)39-38(48-35)40-32(26-14-11-17-29(21-26)47-27-15-9-6-10-16-27)31(34(42)36(40)43)33(41)30-19-18-28(20-23(30)2)46-22-25-12-7-5-8-13-25/h5-21,32,41H,4,22H2,1-3H3/b33-31+/t32-/m1/s1. The van der Waals surface area contributed by atoms with Gasteiger partial charge in [0.2, 0.25) is 0 Å². The number of para-hydroxylation sites is 1. The number of amides is 1. The first kappa shape index (κ1) is 32.2. The molecule has 48 heavy (non-hydrogen) atoms. The van der Waals surface area contributed by atoms with Crippen molar-refractivity contribution in [3.05, 3.63) is 142 Å². The van der Waals surface area contributed by atoms with Crippen LogP contribution in [0.25, 0.3) is 5.76 Å². The Labute approximate surface area is 281 Å². The highest BCUT2D eigenvalue weighted by molar-refractivity contribution is 7.17. The number of thiazole rings is 1. The van der Waals surface area contributed by atoms with Gasteiger partial charge in [-0.1, -0.05) is 72.0 Å². The van der Waals surface area contributed by atoms with E-state index < -0.39 is 23.7 Å². The molecular formula is C38H32N2O7S. The van der Waals surface area contributed by atoms with Crippen LogP contribution in [-0.4, -0.2) is 34.4 Å². The van der Waals surface area contributed by atoms with Crippen LogP contribution in [0.3, 0.4) is 0 Å². The van der Waals surface area contributed by atoms with E-state index in [4.69, 9.17) is 14.2 Å². The first-order valence-electron chi connectivity index (χ1n) is 15.3. The zero-order valence-electron chi connectivity index (χ0n) is 26.5. The molecule has 0 spiro atoms. The number of aryl methyl sites for hydroxylation is 2. The third-order valence-electron chi connectivity index (χ3n) is 7.75. The van der Waals surface area contributed by atoms with Crippen molar-refractivity contribution in [2.75, 3.05) is 11.5 Å². The molecule has 1 fully saturated rings. The summed E-state index contributed by atoms with van der Waals surface area (Å²) in [6, 6.07) is 29.9. The number of nitrogens with zero attached hydrogens (tertiary/aromatic N) is 2. The molecule has 0 unspecified atom stereocenters. The van der Waals surface area contributed by atoms with Crippen LogP contribution in [0.15, 0.2) is 109 Å². The van der Waals surface area contributed by atoms with Crippen LogP contribution in [0.4, 0.5) is 5.13 Å². The Bertz CT molecular complexity index is 2020. The van der Waals surface area contributed by atoms with Crippen LogP contribution in [-0.2, 0) is 20.9 Å². The minimum absolute atomic E-state index is 0.122. The molecule has 1 N–H and O–H groups in total. The highest BCUT2D eigenvalue weighted by Gasteiger charge is 2.48. The molecule has 1 amide bonds. The Balaban J connectivity index is 1.43. The van der Waals surface area contributed by atoms with Gasteiger partial charge in [0.05, 0.1) is 23.9 Å². The van der Waals surface area contributed by atoms with Gasteiger partial charge in [-0.25, -0.2) is 9.78 Å². The van der Waals surface area contributed by atoms with Gasteiger partial charge in [-0.2, -0.15) is 0 Å². The Morgan fingerprint density at radius 3 is 2.29 bits per heavy atom. The molecule has 2 heterocycles. The van der Waals surface area contributed by atoms with E-state index in [1.165, 1.54) is 4.90 Å². The van der Waals surface area contributed by atoms with Crippen LogP contribution >= 0.6 is 11.3 Å². The number of hydrogen-bond acceptors (Lipinski definition) is 9. The third-order valence-corrected chi connectivity index (χ3v) is 8.89. The summed E-state index contributed by atoms with van der Waals surface area (Å²) in [7, 11) is 0. The van der Waals surface area contributed by atoms with Gasteiger partial charge in [-0.15, -0.1) is 0 Å². The molecule has 1 atom stereocenters. The van der Waals surface area contributed by atoms with Crippen molar-refractivity contribution < 1.29 is 33.7 Å². The summed E-state index contributed by atoms with van der Waals surface area (Å²) in [6.45, 7) is 5.65. The van der Waals surface area contributed by atoms with Crippen molar-refractivity contribution in [1.29, 1.82) is 0 Å². The van der Waals surface area contributed by atoms with E-state index in [9.17, 15) is 19.5 Å². The van der Waals surface area contributed by atoms with Gasteiger partial charge in [0.1, 0.15) is 34.5 Å². The maximum absolute atomic E-state index is 13.8. The molecular weight excluding hydrogens is 628 g/mol. The smallest absolute Gasteiger partial charge is 0.350 e. The number of anilines is 1. The van der Waals surface area contributed by atoms with Crippen LogP contribution in [0.2, 0.25) is 0 Å². The number of aromatic nitrogens is 1. The molecule has 0 radical (unpaired) electrons. The zero-order chi connectivity index (χ0) is 33.8. The molecule has 10 heteroatoms. The molecule has 1 saturated heterocycles. The van der Waals surface area contributed by atoms with Gasteiger partial charge < -0.3 is 19.3 Å². The minimum atomic E-state index is -1.08. The van der Waals surface area contributed by atoms with E-state index in [2.05, 4.69) is 4.98 Å². The predicted octanol–water partition coefficient (Wildman–Crippen LogP) is 7.93. The summed E-state index contributed by atoms with van der Waals surface area (Å²) in [6.07, 6.45) is 0. The second kappa shape index (κ2) is 13.9. The number of rotatable bonds is 10. The van der Waals surface area contributed by atoms with Gasteiger partial charge in [-0.3, -0.25) is 14.5 Å². The van der Waals surface area contributed by atoms with E-state index >= 15 is 0 Å². The average molecular weight is 661 g/mol. The average Bonchev–Trinajstić information content (AvgIpc) is 3.60. The number of aliphatic hydroxyl groups is 1. The van der Waals surface area contributed by atoms with Gasteiger partial charge in [0.25, 0.3) is 5.78 Å². The van der Waals surface area contributed by atoms with Gasteiger partial charge in [0.15, 0.2) is 5.13 Å². The summed E-state index contributed by atoms with van der Waals surface area (Å²) in [4.78, 5) is 46.3. The van der Waals surface area contributed by atoms with Crippen LogP contribution < -0.4 is 14.4 Å². The van der Waals surface area contributed by atoms with Crippen LogP contribution in [0.1, 0.15) is 50.6 Å². The van der Waals surface area contributed by atoms with Crippen molar-refractivity contribution in [3.8, 4) is 17.2 Å². The monoisotopic (exact) mass is 660 g/mol. The number of hydrogen-bond donors (Lipinski definition) is 1. The lowest BCUT2D eigenvalue weighted by atomic mass is 9.94. The second-order valence-electron chi connectivity index (χ2n) is 11.0. The number of carbonyl (C=O) groups excluding carboxylic acids is 3. The Morgan fingerprint density at radius 1 is 0.875 bits per heavy atom. The number of ketones is 1. The molecule has 0 aliphatic carbocycles. The van der Waals surface area contributed by atoms with E-state index in [-0.39, 0.29) is 27.9 Å². The van der Waals surface area contributed by atoms with E-state index in [1.54, 1.807) is 63.2 Å². The van der Waals surface area contributed by atoms with Crippen molar-refractivity contribution >= 4 is 39.9 Å². The fourth-order valence-electron chi connectivity index (χ4n) is 5.47. The summed E-state index contributed by atoms with van der Waals surface area (Å²) < 4.78 is 17.2. The molecule has 1 aliphatic rings. The second-order valence-corrected chi connectivity index (χ2v) is 12.0. The zero-order valence-corrected chi connectivity index (χ0v) is 27.3. The Morgan fingerprint density at radius 2 is 1.58 bits per heavy atom. The first-order valence-corrected chi connectivity index (χ1v) is 16.1. The number of aliphatic hydroxyl groups excluding tert-OH is 1.